The van der Waals surface area contributed by atoms with E-state index < -0.39 is 0 Å². The Morgan fingerprint density at radius 1 is 1.13 bits per heavy atom. The Balaban J connectivity index is 1.41. The third kappa shape index (κ3) is 3.89. The van der Waals surface area contributed by atoms with Crippen molar-refractivity contribution < 1.29 is 9.21 Å². The van der Waals surface area contributed by atoms with Crippen molar-refractivity contribution in [1.82, 2.24) is 9.88 Å². The van der Waals surface area contributed by atoms with Crippen molar-refractivity contribution in [2.24, 2.45) is 0 Å². The van der Waals surface area contributed by atoms with Gasteiger partial charge in [0.2, 0.25) is 5.89 Å². The van der Waals surface area contributed by atoms with Gasteiger partial charge in [0, 0.05) is 17.3 Å². The highest BCUT2D eigenvalue weighted by molar-refractivity contribution is 6.30. The van der Waals surface area contributed by atoms with Crippen LogP contribution in [-0.2, 0) is 0 Å². The summed E-state index contributed by atoms with van der Waals surface area (Å²) in [6.45, 7) is 2.76. The van der Waals surface area contributed by atoms with E-state index in [-0.39, 0.29) is 12.1 Å². The zero-order valence-electron chi connectivity index (χ0n) is 17.1. The Hall–Kier alpha value is -3.31. The quantitative estimate of drug-likeness (QED) is 0.387. The number of halogens is 1. The molecule has 31 heavy (non-hydrogen) atoms. The van der Waals surface area contributed by atoms with Gasteiger partial charge in [-0.15, -0.1) is 0 Å². The van der Waals surface area contributed by atoms with Crippen LogP contribution < -0.4 is 5.32 Å². The second-order valence-electron chi connectivity index (χ2n) is 7.84. The third-order valence-corrected chi connectivity index (χ3v) is 5.97. The van der Waals surface area contributed by atoms with E-state index in [0.29, 0.717) is 23.1 Å². The number of carbonyl (C=O) groups is 1. The summed E-state index contributed by atoms with van der Waals surface area (Å²) >= 11 is 6.03. The minimum Gasteiger partial charge on any atom is -0.438 e. The first kappa shape index (κ1) is 19.6. The molecule has 1 N–H and O–H groups in total. The molecular weight excluding hydrogens is 410 g/mol. The molecule has 1 fully saturated rings. The Morgan fingerprint density at radius 2 is 2.00 bits per heavy atom. The van der Waals surface area contributed by atoms with Crippen molar-refractivity contribution >= 4 is 34.4 Å². The van der Waals surface area contributed by atoms with Gasteiger partial charge in [0.25, 0.3) is 0 Å². The van der Waals surface area contributed by atoms with Crippen molar-refractivity contribution in [2.75, 3.05) is 11.9 Å². The number of aromatic nitrogens is 1. The van der Waals surface area contributed by atoms with E-state index >= 15 is 0 Å². The highest BCUT2D eigenvalue weighted by atomic mass is 35.5. The number of benzene rings is 3. The smallest absolute Gasteiger partial charge is 0.322 e. The fraction of sp³-hybridized carbons (Fsp3) is 0.200. The number of amides is 2. The molecule has 0 saturated carbocycles. The Kier molecular flexibility index (Phi) is 5.12. The van der Waals surface area contributed by atoms with Crippen LogP contribution >= 0.6 is 11.6 Å². The number of hydrogen-bond acceptors (Lipinski definition) is 3. The molecule has 1 aliphatic heterocycles. The first-order valence-corrected chi connectivity index (χ1v) is 10.8. The molecule has 0 bridgehead atoms. The summed E-state index contributed by atoms with van der Waals surface area (Å²) < 4.78 is 6.07. The van der Waals surface area contributed by atoms with Gasteiger partial charge >= 0.3 is 6.03 Å². The van der Waals surface area contributed by atoms with Gasteiger partial charge < -0.3 is 14.6 Å². The van der Waals surface area contributed by atoms with Crippen LogP contribution in [0.15, 0.2) is 71.1 Å². The van der Waals surface area contributed by atoms with Gasteiger partial charge in [-0.1, -0.05) is 48.0 Å². The molecule has 1 saturated heterocycles. The first-order chi connectivity index (χ1) is 15.1. The number of nitrogens with zero attached hydrogens (tertiary/aromatic N) is 2. The number of fused-ring (bicyclic) bond motifs is 1. The standard InChI is InChI=1S/C25H22ClN3O2/c1-16-6-2-3-9-20(16)17-11-12-23-21(14-17)28-24(31-23)22-10-5-13-29(22)25(30)27-19-8-4-7-18(26)15-19/h2-4,6-9,11-12,14-15,22H,5,10,13H2,1H3,(H,27,30). The van der Waals surface area contributed by atoms with Gasteiger partial charge in [0.05, 0.1) is 0 Å². The van der Waals surface area contributed by atoms with Crippen molar-refractivity contribution in [3.05, 3.63) is 83.2 Å². The first-order valence-electron chi connectivity index (χ1n) is 10.4. The number of anilines is 1. The summed E-state index contributed by atoms with van der Waals surface area (Å²) in [7, 11) is 0. The molecule has 2 heterocycles. The molecule has 6 heteroatoms. The summed E-state index contributed by atoms with van der Waals surface area (Å²) in [5.41, 5.74) is 5.70. The molecule has 0 aliphatic carbocycles. The van der Waals surface area contributed by atoms with Crippen LogP contribution in [0.3, 0.4) is 0 Å². The molecule has 2 amide bonds. The van der Waals surface area contributed by atoms with E-state index in [1.807, 2.05) is 30.3 Å². The largest absolute Gasteiger partial charge is 0.438 e. The monoisotopic (exact) mass is 431 g/mol. The molecule has 5 nitrogen and oxygen atoms in total. The Morgan fingerprint density at radius 3 is 2.84 bits per heavy atom. The van der Waals surface area contributed by atoms with Crippen LogP contribution in [0, 0.1) is 6.92 Å². The summed E-state index contributed by atoms with van der Waals surface area (Å²) in [4.78, 5) is 19.4. The number of likely N-dealkylation sites (tertiary alicyclic amines) is 1. The zero-order valence-corrected chi connectivity index (χ0v) is 17.9. The predicted octanol–water partition coefficient (Wildman–Crippen LogP) is 6.83. The van der Waals surface area contributed by atoms with Gasteiger partial charge in [-0.3, -0.25) is 0 Å². The zero-order chi connectivity index (χ0) is 21.4. The molecule has 1 aliphatic rings. The number of rotatable bonds is 3. The van der Waals surface area contributed by atoms with Crippen molar-refractivity contribution in [3.63, 3.8) is 0 Å². The molecule has 1 atom stereocenters. The van der Waals surface area contributed by atoms with Crippen molar-refractivity contribution in [2.45, 2.75) is 25.8 Å². The maximum absolute atomic E-state index is 12.9. The van der Waals surface area contributed by atoms with E-state index in [2.05, 4.69) is 36.5 Å². The lowest BCUT2D eigenvalue weighted by Gasteiger charge is -2.22. The highest BCUT2D eigenvalue weighted by Crippen LogP contribution is 2.35. The lowest BCUT2D eigenvalue weighted by atomic mass is 10.0. The van der Waals surface area contributed by atoms with Gasteiger partial charge in [-0.05, 0) is 66.8 Å². The average molecular weight is 432 g/mol. The molecule has 1 aromatic heterocycles. The minimum absolute atomic E-state index is 0.173. The number of aryl methyl sites for hydroxylation is 1. The van der Waals surface area contributed by atoms with Crippen LogP contribution in [0.1, 0.15) is 30.3 Å². The molecular formula is C25H22ClN3O2. The maximum Gasteiger partial charge on any atom is 0.322 e. The van der Waals surface area contributed by atoms with Gasteiger partial charge in [-0.25, -0.2) is 9.78 Å². The van der Waals surface area contributed by atoms with E-state index in [1.54, 1.807) is 17.0 Å². The summed E-state index contributed by atoms with van der Waals surface area (Å²) in [6, 6.07) is 21.1. The van der Waals surface area contributed by atoms with Crippen LogP contribution in [-0.4, -0.2) is 22.5 Å². The number of oxazole rings is 1. The number of carbonyl (C=O) groups excluding carboxylic acids is 1. The molecule has 4 aromatic rings. The second kappa shape index (κ2) is 8.08. The number of urea groups is 1. The van der Waals surface area contributed by atoms with Crippen LogP contribution in [0.2, 0.25) is 5.02 Å². The summed E-state index contributed by atoms with van der Waals surface area (Å²) in [5, 5.41) is 3.51. The molecule has 0 radical (unpaired) electrons. The minimum atomic E-state index is -0.187. The van der Waals surface area contributed by atoms with Crippen LogP contribution in [0.4, 0.5) is 10.5 Å². The van der Waals surface area contributed by atoms with E-state index in [9.17, 15) is 4.79 Å². The van der Waals surface area contributed by atoms with Gasteiger partial charge in [0.15, 0.2) is 5.58 Å². The van der Waals surface area contributed by atoms with Crippen molar-refractivity contribution in [1.29, 1.82) is 0 Å². The fourth-order valence-corrected chi connectivity index (χ4v) is 4.37. The SMILES string of the molecule is Cc1ccccc1-c1ccc2oc(C3CCCN3C(=O)Nc3cccc(Cl)c3)nc2c1. The van der Waals surface area contributed by atoms with Gasteiger partial charge in [-0.2, -0.15) is 0 Å². The lowest BCUT2D eigenvalue weighted by molar-refractivity contribution is 0.199. The fourth-order valence-electron chi connectivity index (χ4n) is 4.18. The Labute approximate surface area is 185 Å². The van der Waals surface area contributed by atoms with Crippen LogP contribution in [0.5, 0.6) is 0 Å². The normalized spacial score (nSPS) is 16.1. The molecule has 0 spiro atoms. The number of nitrogens with one attached hydrogen (secondary N) is 1. The molecule has 5 rings (SSSR count). The highest BCUT2D eigenvalue weighted by Gasteiger charge is 2.33. The van der Waals surface area contributed by atoms with Gasteiger partial charge in [0.1, 0.15) is 11.6 Å². The lowest BCUT2D eigenvalue weighted by Crippen LogP contribution is -2.34. The molecule has 1 unspecified atom stereocenters. The van der Waals surface area contributed by atoms with E-state index in [4.69, 9.17) is 21.0 Å². The summed E-state index contributed by atoms with van der Waals surface area (Å²) in [5.74, 6) is 0.579. The molecule has 156 valence electrons. The van der Waals surface area contributed by atoms with Crippen molar-refractivity contribution in [3.8, 4) is 11.1 Å². The van der Waals surface area contributed by atoms with E-state index in [1.165, 1.54) is 11.1 Å². The third-order valence-electron chi connectivity index (χ3n) is 5.73. The molecule has 3 aromatic carbocycles. The van der Waals surface area contributed by atoms with Crippen LogP contribution in [0.25, 0.3) is 22.2 Å². The van der Waals surface area contributed by atoms with E-state index in [0.717, 1.165) is 29.5 Å². The summed E-state index contributed by atoms with van der Waals surface area (Å²) in [6.07, 6.45) is 1.72. The second-order valence-corrected chi connectivity index (χ2v) is 8.28. The maximum atomic E-state index is 12.9. The average Bonchev–Trinajstić information content (AvgIpc) is 3.40. The Bertz CT molecular complexity index is 1270. The number of hydrogen-bond donors (Lipinski definition) is 1. The topological polar surface area (TPSA) is 58.4 Å². The predicted molar refractivity (Wildman–Crippen MR) is 123 cm³/mol.